The number of hydrogen-bond acceptors (Lipinski definition) is 3. The van der Waals surface area contributed by atoms with E-state index in [1.807, 2.05) is 11.9 Å². The number of urea groups is 1. The van der Waals surface area contributed by atoms with Crippen molar-refractivity contribution in [1.82, 2.24) is 15.1 Å². The molecule has 0 aromatic rings. The number of likely N-dealkylation sites (N-methyl/N-ethyl adjacent to an activating group) is 1. The molecule has 2 aliphatic heterocycles. The maximum absolute atomic E-state index is 12.1. The molecule has 0 radical (unpaired) electrons. The van der Waals surface area contributed by atoms with E-state index in [-0.39, 0.29) is 12.1 Å². The molecule has 98 valence electrons. The maximum Gasteiger partial charge on any atom is 0.319 e. The summed E-state index contributed by atoms with van der Waals surface area (Å²) in [5, 5.41) is 3.25. The Morgan fingerprint density at radius 1 is 1.41 bits per heavy atom. The Bertz CT molecular complexity index is 248. The molecular formula is C12H23N3O2. The van der Waals surface area contributed by atoms with Crippen LogP contribution in [-0.2, 0) is 4.74 Å². The molecule has 2 aliphatic rings. The van der Waals surface area contributed by atoms with Crippen molar-refractivity contribution >= 4 is 6.03 Å². The van der Waals surface area contributed by atoms with Crippen LogP contribution in [0.4, 0.5) is 4.79 Å². The summed E-state index contributed by atoms with van der Waals surface area (Å²) in [6, 6.07) is 0.140. The van der Waals surface area contributed by atoms with Gasteiger partial charge in [-0.3, -0.25) is 0 Å². The lowest BCUT2D eigenvalue weighted by molar-refractivity contribution is 0.00145. The van der Waals surface area contributed by atoms with Gasteiger partial charge in [0.1, 0.15) is 0 Å². The van der Waals surface area contributed by atoms with Gasteiger partial charge in [0.25, 0.3) is 0 Å². The van der Waals surface area contributed by atoms with Gasteiger partial charge in [0.15, 0.2) is 0 Å². The molecule has 5 nitrogen and oxygen atoms in total. The van der Waals surface area contributed by atoms with Gasteiger partial charge < -0.3 is 19.9 Å². The van der Waals surface area contributed by atoms with E-state index in [1.165, 1.54) is 6.42 Å². The molecule has 5 heteroatoms. The molecule has 0 aromatic carbocycles. The van der Waals surface area contributed by atoms with E-state index in [1.54, 1.807) is 4.90 Å². The van der Waals surface area contributed by atoms with Crippen molar-refractivity contribution in [3.05, 3.63) is 0 Å². The van der Waals surface area contributed by atoms with E-state index in [9.17, 15) is 4.79 Å². The number of carbonyl (C=O) groups excluding carboxylic acids is 1. The zero-order valence-electron chi connectivity index (χ0n) is 10.7. The fraction of sp³-hybridized carbons (Fsp3) is 0.917. The van der Waals surface area contributed by atoms with Gasteiger partial charge in [0.2, 0.25) is 0 Å². The summed E-state index contributed by atoms with van der Waals surface area (Å²) in [6.45, 7) is 5.01. The molecule has 0 aromatic heterocycles. The normalized spacial score (nSPS) is 25.7. The van der Waals surface area contributed by atoms with Gasteiger partial charge >= 0.3 is 6.03 Å². The molecule has 0 bridgehead atoms. The molecule has 2 fully saturated rings. The van der Waals surface area contributed by atoms with E-state index in [2.05, 4.69) is 5.32 Å². The number of nitrogens with zero attached hydrogens (tertiary/aromatic N) is 2. The smallest absolute Gasteiger partial charge is 0.319 e. The second kappa shape index (κ2) is 6.21. The Balaban J connectivity index is 1.77. The highest BCUT2D eigenvalue weighted by Gasteiger charge is 2.23. The predicted octanol–water partition coefficient (Wildman–Crippen LogP) is 0.513. The minimum Gasteiger partial charge on any atom is -0.376 e. The van der Waals surface area contributed by atoms with Crippen molar-refractivity contribution in [3.63, 3.8) is 0 Å². The van der Waals surface area contributed by atoms with Crippen LogP contribution < -0.4 is 5.32 Å². The molecule has 0 spiro atoms. The first-order valence-electron chi connectivity index (χ1n) is 6.60. The number of amides is 2. The number of nitrogens with one attached hydrogen (secondary N) is 1. The fourth-order valence-corrected chi connectivity index (χ4v) is 2.43. The van der Waals surface area contributed by atoms with Crippen LogP contribution in [-0.4, -0.2) is 68.3 Å². The van der Waals surface area contributed by atoms with Crippen LogP contribution in [0.25, 0.3) is 0 Å². The summed E-state index contributed by atoms with van der Waals surface area (Å²) < 4.78 is 5.66. The standard InChI is InChI=1S/C12H23N3O2/c1-14(10-11-4-2-3-9-17-11)12(16)15-7-5-13-6-8-15/h11,13H,2-10H2,1H3. The Morgan fingerprint density at radius 2 is 2.18 bits per heavy atom. The highest BCUT2D eigenvalue weighted by Crippen LogP contribution is 2.14. The topological polar surface area (TPSA) is 44.8 Å². The summed E-state index contributed by atoms with van der Waals surface area (Å²) in [5.74, 6) is 0. The van der Waals surface area contributed by atoms with E-state index in [0.717, 1.165) is 52.2 Å². The summed E-state index contributed by atoms with van der Waals surface area (Å²) in [5.41, 5.74) is 0. The van der Waals surface area contributed by atoms with Crippen LogP contribution in [0.2, 0.25) is 0 Å². The highest BCUT2D eigenvalue weighted by atomic mass is 16.5. The SMILES string of the molecule is CN(CC1CCCCO1)C(=O)N1CCNCC1. The van der Waals surface area contributed by atoms with Crippen molar-refractivity contribution in [2.45, 2.75) is 25.4 Å². The molecule has 2 saturated heterocycles. The minimum atomic E-state index is 0.140. The van der Waals surface area contributed by atoms with Gasteiger partial charge in [0, 0.05) is 46.4 Å². The highest BCUT2D eigenvalue weighted by molar-refractivity contribution is 5.74. The van der Waals surface area contributed by atoms with E-state index in [0.29, 0.717) is 0 Å². The van der Waals surface area contributed by atoms with Gasteiger partial charge in [-0.15, -0.1) is 0 Å². The molecule has 1 atom stereocenters. The third-order valence-electron chi connectivity index (χ3n) is 3.47. The van der Waals surface area contributed by atoms with Crippen LogP contribution in [0.5, 0.6) is 0 Å². The Morgan fingerprint density at radius 3 is 2.82 bits per heavy atom. The average molecular weight is 241 g/mol. The summed E-state index contributed by atoms with van der Waals surface area (Å²) in [6.07, 6.45) is 3.70. The molecular weight excluding hydrogens is 218 g/mol. The Hall–Kier alpha value is -0.810. The van der Waals surface area contributed by atoms with E-state index >= 15 is 0 Å². The number of hydrogen-bond donors (Lipinski definition) is 1. The lowest BCUT2D eigenvalue weighted by Gasteiger charge is -2.33. The van der Waals surface area contributed by atoms with Gasteiger partial charge in [-0.05, 0) is 19.3 Å². The number of rotatable bonds is 2. The molecule has 0 saturated carbocycles. The zero-order valence-corrected chi connectivity index (χ0v) is 10.7. The Labute approximate surface area is 103 Å². The van der Waals surface area contributed by atoms with Crippen LogP contribution in [0, 0.1) is 0 Å². The van der Waals surface area contributed by atoms with E-state index in [4.69, 9.17) is 4.74 Å². The third kappa shape index (κ3) is 3.57. The van der Waals surface area contributed by atoms with E-state index < -0.39 is 0 Å². The van der Waals surface area contributed by atoms with Crippen molar-refractivity contribution in [1.29, 1.82) is 0 Å². The third-order valence-corrected chi connectivity index (χ3v) is 3.47. The second-order valence-corrected chi connectivity index (χ2v) is 4.89. The zero-order chi connectivity index (χ0) is 12.1. The average Bonchev–Trinajstić information content (AvgIpc) is 2.40. The van der Waals surface area contributed by atoms with Gasteiger partial charge in [-0.25, -0.2) is 4.79 Å². The molecule has 1 unspecified atom stereocenters. The van der Waals surface area contributed by atoms with Crippen molar-refractivity contribution in [3.8, 4) is 0 Å². The quantitative estimate of drug-likeness (QED) is 0.766. The van der Waals surface area contributed by atoms with Gasteiger partial charge in [-0.2, -0.15) is 0 Å². The summed E-state index contributed by atoms with van der Waals surface area (Å²) in [4.78, 5) is 15.9. The van der Waals surface area contributed by atoms with Crippen LogP contribution in [0.1, 0.15) is 19.3 Å². The molecule has 2 rings (SSSR count). The molecule has 0 aliphatic carbocycles. The molecule has 2 heterocycles. The lowest BCUT2D eigenvalue weighted by Crippen LogP contribution is -2.52. The van der Waals surface area contributed by atoms with Crippen LogP contribution in [0.15, 0.2) is 0 Å². The molecule has 2 amide bonds. The monoisotopic (exact) mass is 241 g/mol. The fourth-order valence-electron chi connectivity index (χ4n) is 2.43. The number of piperazine rings is 1. The van der Waals surface area contributed by atoms with Gasteiger partial charge in [0.05, 0.1) is 6.10 Å². The summed E-state index contributed by atoms with van der Waals surface area (Å²) >= 11 is 0. The van der Waals surface area contributed by atoms with Crippen molar-refractivity contribution < 1.29 is 9.53 Å². The number of carbonyl (C=O) groups is 1. The number of ether oxygens (including phenoxy) is 1. The second-order valence-electron chi connectivity index (χ2n) is 4.89. The first-order chi connectivity index (χ1) is 8.27. The predicted molar refractivity (Wildman–Crippen MR) is 66.1 cm³/mol. The first kappa shape index (κ1) is 12.6. The van der Waals surface area contributed by atoms with Crippen molar-refractivity contribution in [2.75, 3.05) is 46.4 Å². The van der Waals surface area contributed by atoms with Crippen LogP contribution in [0.3, 0.4) is 0 Å². The molecule has 1 N–H and O–H groups in total. The maximum atomic E-state index is 12.1. The Kier molecular flexibility index (Phi) is 4.62. The summed E-state index contributed by atoms with van der Waals surface area (Å²) in [7, 11) is 1.88. The lowest BCUT2D eigenvalue weighted by atomic mass is 10.1. The van der Waals surface area contributed by atoms with Gasteiger partial charge in [-0.1, -0.05) is 0 Å². The van der Waals surface area contributed by atoms with Crippen molar-refractivity contribution in [2.24, 2.45) is 0 Å². The first-order valence-corrected chi connectivity index (χ1v) is 6.60. The molecule has 17 heavy (non-hydrogen) atoms. The largest absolute Gasteiger partial charge is 0.376 e. The van der Waals surface area contributed by atoms with Crippen LogP contribution >= 0.6 is 0 Å². The minimum absolute atomic E-state index is 0.140.